The van der Waals surface area contributed by atoms with Gasteiger partial charge in [0.25, 0.3) is 0 Å². The summed E-state index contributed by atoms with van der Waals surface area (Å²) < 4.78 is 11.6. The molecule has 1 fully saturated rings. The Bertz CT molecular complexity index is 560. The first-order chi connectivity index (χ1) is 13.2. The van der Waals surface area contributed by atoms with Crippen LogP contribution in [0.4, 0.5) is 10.5 Å². The van der Waals surface area contributed by atoms with Crippen LogP contribution in [-0.4, -0.2) is 42.8 Å². The monoisotopic (exact) mass is 376 g/mol. The number of nitrogens with one attached hydrogen (secondary N) is 1. The molecule has 5 heteroatoms. The first kappa shape index (κ1) is 21.5. The van der Waals surface area contributed by atoms with E-state index in [1.165, 1.54) is 19.3 Å². The third-order valence-corrected chi connectivity index (χ3v) is 5.30. The van der Waals surface area contributed by atoms with Crippen molar-refractivity contribution in [3.8, 4) is 5.75 Å². The molecule has 0 saturated heterocycles. The zero-order chi connectivity index (χ0) is 19.5. The Hall–Kier alpha value is -1.75. The molecule has 1 N–H and O–H groups in total. The van der Waals surface area contributed by atoms with E-state index in [1.807, 2.05) is 24.3 Å². The van der Waals surface area contributed by atoms with Gasteiger partial charge < -0.3 is 9.47 Å². The van der Waals surface area contributed by atoms with E-state index >= 15 is 0 Å². The molecule has 1 aromatic rings. The number of likely N-dealkylation sites (N-methyl/N-ethyl adjacent to an activating group) is 1. The van der Waals surface area contributed by atoms with Gasteiger partial charge in [-0.25, -0.2) is 4.79 Å². The Morgan fingerprint density at radius 1 is 1.15 bits per heavy atom. The van der Waals surface area contributed by atoms with E-state index in [-0.39, 0.29) is 12.2 Å². The molecule has 1 amide bonds. The summed E-state index contributed by atoms with van der Waals surface area (Å²) in [5.41, 5.74) is 0.711. The topological polar surface area (TPSA) is 50.8 Å². The number of anilines is 1. The minimum absolute atomic E-state index is 0.0351. The van der Waals surface area contributed by atoms with Crippen molar-refractivity contribution in [3.63, 3.8) is 0 Å². The molecule has 152 valence electrons. The Balaban J connectivity index is 1.88. The molecule has 0 aliphatic heterocycles. The van der Waals surface area contributed by atoms with Crippen LogP contribution in [0.5, 0.6) is 5.75 Å². The number of hydrogen-bond acceptors (Lipinski definition) is 4. The van der Waals surface area contributed by atoms with Gasteiger partial charge in [0.1, 0.15) is 11.9 Å². The summed E-state index contributed by atoms with van der Waals surface area (Å²) in [5, 5.41) is 2.87. The van der Waals surface area contributed by atoms with E-state index in [0.29, 0.717) is 18.3 Å². The van der Waals surface area contributed by atoms with Crippen LogP contribution < -0.4 is 10.1 Å². The second-order valence-electron chi connectivity index (χ2n) is 7.23. The van der Waals surface area contributed by atoms with Gasteiger partial charge in [0, 0.05) is 17.8 Å². The largest absolute Gasteiger partial charge is 0.494 e. The van der Waals surface area contributed by atoms with E-state index in [2.05, 4.69) is 31.0 Å². The van der Waals surface area contributed by atoms with Crippen molar-refractivity contribution in [2.24, 2.45) is 0 Å². The number of hydrogen-bond donors (Lipinski definition) is 1. The fraction of sp³-hybridized carbons (Fsp3) is 0.682. The van der Waals surface area contributed by atoms with Gasteiger partial charge in [0.05, 0.1) is 6.61 Å². The molecular weight excluding hydrogens is 340 g/mol. The number of rotatable bonds is 10. The van der Waals surface area contributed by atoms with Gasteiger partial charge in [0.15, 0.2) is 0 Å². The van der Waals surface area contributed by atoms with Crippen molar-refractivity contribution in [2.75, 3.05) is 25.0 Å². The maximum atomic E-state index is 12.4. The molecule has 0 radical (unpaired) electrons. The summed E-state index contributed by atoms with van der Waals surface area (Å²) in [4.78, 5) is 14.8. The second kappa shape index (κ2) is 11.9. The lowest BCUT2D eigenvalue weighted by atomic mass is 9.91. The lowest BCUT2D eigenvalue weighted by Gasteiger charge is -2.38. The SMILES string of the molecule is CCCCCOc1cccc(NC(=O)O[C@@H]2CCCC[C@H]2N(CC)CC)c1. The number of nitrogens with zero attached hydrogens (tertiary/aromatic N) is 1. The van der Waals surface area contributed by atoms with Crippen LogP contribution in [0, 0.1) is 0 Å². The van der Waals surface area contributed by atoms with Crippen molar-refractivity contribution in [1.82, 2.24) is 4.90 Å². The fourth-order valence-corrected chi connectivity index (χ4v) is 3.82. The van der Waals surface area contributed by atoms with Crippen molar-refractivity contribution in [3.05, 3.63) is 24.3 Å². The van der Waals surface area contributed by atoms with Crippen molar-refractivity contribution < 1.29 is 14.3 Å². The molecular formula is C22H36N2O3. The number of carbonyl (C=O) groups excluding carboxylic acids is 1. The Kier molecular flexibility index (Phi) is 9.46. The normalized spacial score (nSPS) is 19.7. The van der Waals surface area contributed by atoms with Gasteiger partial charge in [-0.05, 0) is 50.9 Å². The van der Waals surface area contributed by atoms with Gasteiger partial charge in [0.2, 0.25) is 0 Å². The lowest BCUT2D eigenvalue weighted by molar-refractivity contribution is 0.0125. The molecule has 0 aromatic heterocycles. The highest BCUT2D eigenvalue weighted by Gasteiger charge is 2.31. The average molecular weight is 377 g/mol. The molecule has 1 aliphatic rings. The summed E-state index contributed by atoms with van der Waals surface area (Å²) in [7, 11) is 0. The predicted octanol–water partition coefficient (Wildman–Crippen LogP) is 5.46. The maximum Gasteiger partial charge on any atom is 0.411 e. The van der Waals surface area contributed by atoms with Gasteiger partial charge >= 0.3 is 6.09 Å². The molecule has 0 bridgehead atoms. The summed E-state index contributed by atoms with van der Waals surface area (Å²) >= 11 is 0. The molecule has 27 heavy (non-hydrogen) atoms. The second-order valence-corrected chi connectivity index (χ2v) is 7.23. The zero-order valence-corrected chi connectivity index (χ0v) is 17.2. The minimum Gasteiger partial charge on any atom is -0.494 e. The van der Waals surface area contributed by atoms with E-state index in [9.17, 15) is 4.79 Å². The van der Waals surface area contributed by atoms with Crippen LogP contribution in [0.3, 0.4) is 0 Å². The van der Waals surface area contributed by atoms with Crippen LogP contribution in [0.25, 0.3) is 0 Å². The standard InChI is InChI=1S/C22H36N2O3/c1-4-7-10-16-26-19-13-11-12-18(17-19)23-22(25)27-21-15-9-8-14-20(21)24(5-2)6-3/h11-13,17,20-21H,4-10,14-16H2,1-3H3,(H,23,25)/t20-,21-/m1/s1. The lowest BCUT2D eigenvalue weighted by Crippen LogP contribution is -2.47. The summed E-state index contributed by atoms with van der Waals surface area (Å²) in [6.07, 6.45) is 7.35. The summed E-state index contributed by atoms with van der Waals surface area (Å²) in [6, 6.07) is 7.86. The summed E-state index contributed by atoms with van der Waals surface area (Å²) in [5.74, 6) is 0.780. The van der Waals surface area contributed by atoms with Crippen LogP contribution >= 0.6 is 0 Å². The van der Waals surface area contributed by atoms with Gasteiger partial charge in [-0.3, -0.25) is 10.2 Å². The third-order valence-electron chi connectivity index (χ3n) is 5.30. The highest BCUT2D eigenvalue weighted by Crippen LogP contribution is 2.26. The number of ether oxygens (including phenoxy) is 2. The molecule has 1 aliphatic carbocycles. The van der Waals surface area contributed by atoms with Gasteiger partial charge in [-0.2, -0.15) is 0 Å². The Labute approximate surface area is 164 Å². The van der Waals surface area contributed by atoms with Gasteiger partial charge in [-0.1, -0.05) is 46.1 Å². The van der Waals surface area contributed by atoms with Crippen LogP contribution in [0.15, 0.2) is 24.3 Å². The molecule has 2 rings (SSSR count). The van der Waals surface area contributed by atoms with Crippen LogP contribution in [0.2, 0.25) is 0 Å². The first-order valence-corrected chi connectivity index (χ1v) is 10.6. The van der Waals surface area contributed by atoms with Crippen molar-refractivity contribution in [2.45, 2.75) is 77.9 Å². The number of unbranched alkanes of at least 4 members (excludes halogenated alkanes) is 2. The van der Waals surface area contributed by atoms with Crippen molar-refractivity contribution >= 4 is 11.8 Å². The number of carbonyl (C=O) groups is 1. The number of benzene rings is 1. The van der Waals surface area contributed by atoms with E-state index < -0.39 is 0 Å². The molecule has 0 heterocycles. The maximum absolute atomic E-state index is 12.4. The minimum atomic E-state index is -0.373. The average Bonchev–Trinajstić information content (AvgIpc) is 2.68. The smallest absolute Gasteiger partial charge is 0.411 e. The number of amides is 1. The zero-order valence-electron chi connectivity index (χ0n) is 17.2. The molecule has 2 atom stereocenters. The van der Waals surface area contributed by atoms with E-state index in [0.717, 1.165) is 44.5 Å². The molecule has 0 spiro atoms. The molecule has 1 aromatic carbocycles. The van der Waals surface area contributed by atoms with Crippen molar-refractivity contribution in [1.29, 1.82) is 0 Å². The first-order valence-electron chi connectivity index (χ1n) is 10.6. The highest BCUT2D eigenvalue weighted by molar-refractivity contribution is 5.85. The third kappa shape index (κ3) is 7.06. The molecule has 0 unspecified atom stereocenters. The summed E-state index contributed by atoms with van der Waals surface area (Å²) in [6.45, 7) is 9.19. The fourth-order valence-electron chi connectivity index (χ4n) is 3.82. The van der Waals surface area contributed by atoms with E-state index in [4.69, 9.17) is 9.47 Å². The predicted molar refractivity (Wildman–Crippen MR) is 111 cm³/mol. The van der Waals surface area contributed by atoms with Crippen LogP contribution in [-0.2, 0) is 4.74 Å². The van der Waals surface area contributed by atoms with Gasteiger partial charge in [-0.15, -0.1) is 0 Å². The Morgan fingerprint density at radius 2 is 1.93 bits per heavy atom. The van der Waals surface area contributed by atoms with Crippen LogP contribution in [0.1, 0.15) is 65.7 Å². The molecule has 1 saturated carbocycles. The quantitative estimate of drug-likeness (QED) is 0.551. The highest BCUT2D eigenvalue weighted by atomic mass is 16.6. The van der Waals surface area contributed by atoms with E-state index in [1.54, 1.807) is 0 Å². The molecule has 5 nitrogen and oxygen atoms in total. The Morgan fingerprint density at radius 3 is 2.67 bits per heavy atom.